The fourth-order valence-electron chi connectivity index (χ4n) is 4.67. The summed E-state index contributed by atoms with van der Waals surface area (Å²) in [5.74, 6) is -0.963. The first-order chi connectivity index (χ1) is 20.7. The zero-order valence-electron chi connectivity index (χ0n) is 23.3. The molecule has 2 N–H and O–H groups in total. The van der Waals surface area contributed by atoms with Crippen LogP contribution in [0.2, 0.25) is 5.02 Å². The Kier molecular flexibility index (Phi) is 10.4. The average Bonchev–Trinajstić information content (AvgIpc) is 2.96. The van der Waals surface area contributed by atoms with Crippen molar-refractivity contribution in [1.29, 1.82) is 0 Å². The molecule has 0 aliphatic rings. The fraction of sp³-hybridized carbons (Fsp3) is 0.226. The zero-order chi connectivity index (χ0) is 32.1. The van der Waals surface area contributed by atoms with Crippen molar-refractivity contribution >= 4 is 31.6 Å². The first kappa shape index (κ1) is 33.5. The summed E-state index contributed by atoms with van der Waals surface area (Å²) < 4.78 is 92.4. The van der Waals surface area contributed by atoms with Crippen LogP contribution in [-0.2, 0) is 32.8 Å². The van der Waals surface area contributed by atoms with Crippen molar-refractivity contribution in [2.75, 3.05) is 0 Å². The molecule has 0 amide bonds. The number of hydrogen-bond acceptors (Lipinski definition) is 7. The summed E-state index contributed by atoms with van der Waals surface area (Å²) in [4.78, 5) is -0.991. The van der Waals surface area contributed by atoms with E-state index in [1.807, 2.05) is 37.3 Å². The van der Waals surface area contributed by atoms with Crippen LogP contribution >= 0.6 is 11.6 Å². The van der Waals surface area contributed by atoms with Gasteiger partial charge in [0.25, 0.3) is 0 Å². The van der Waals surface area contributed by atoms with Gasteiger partial charge in [0, 0.05) is 17.1 Å². The van der Waals surface area contributed by atoms with Gasteiger partial charge in [0.05, 0.1) is 11.0 Å². The molecule has 3 atom stereocenters. The van der Waals surface area contributed by atoms with E-state index in [0.29, 0.717) is 23.4 Å². The summed E-state index contributed by atoms with van der Waals surface area (Å²) >= 11 is 6.15. The van der Waals surface area contributed by atoms with E-state index < -0.39 is 48.3 Å². The van der Waals surface area contributed by atoms with Crippen LogP contribution in [0.1, 0.15) is 29.7 Å². The molecule has 234 valence electrons. The highest BCUT2D eigenvalue weighted by Crippen LogP contribution is 2.34. The summed E-state index contributed by atoms with van der Waals surface area (Å²) in [5, 5.41) is 15.2. The summed E-state index contributed by atoms with van der Waals surface area (Å²) in [6.45, 7) is 1.92. The number of nitrogens with one attached hydrogen (secondary N) is 1. The highest BCUT2D eigenvalue weighted by atomic mass is 35.5. The SMILES string of the molecule is C[C@H](Cc1ccc(S(=O)(=O)c2ccccc2OS(=O)(=O)C(F)(F)F)cc1)NC(Cc1ccccc1)[C@H](O)c1cccc(Cl)c1. The normalized spacial score (nSPS) is 14.5. The van der Waals surface area contributed by atoms with Gasteiger partial charge in [-0.15, -0.1) is 0 Å². The number of sulfone groups is 1. The monoisotopic (exact) mass is 667 g/mol. The Bertz CT molecular complexity index is 1790. The Labute approximate surface area is 259 Å². The Morgan fingerprint density at radius 1 is 0.818 bits per heavy atom. The molecular weight excluding hydrogens is 639 g/mol. The Hall–Kier alpha value is -3.42. The van der Waals surface area contributed by atoms with Crippen LogP contribution in [0, 0.1) is 0 Å². The number of benzene rings is 4. The lowest BCUT2D eigenvalue weighted by atomic mass is 9.94. The maximum Gasteiger partial charge on any atom is 0.534 e. The number of aliphatic hydroxyl groups excluding tert-OH is 1. The summed E-state index contributed by atoms with van der Waals surface area (Å²) in [6, 6.07) is 26.0. The number of alkyl halides is 3. The molecule has 4 aromatic carbocycles. The lowest BCUT2D eigenvalue weighted by molar-refractivity contribution is -0.0500. The molecule has 0 aliphatic carbocycles. The van der Waals surface area contributed by atoms with Gasteiger partial charge >= 0.3 is 15.6 Å². The topological polar surface area (TPSA) is 110 Å². The second kappa shape index (κ2) is 13.7. The van der Waals surface area contributed by atoms with Gasteiger partial charge < -0.3 is 14.6 Å². The van der Waals surface area contributed by atoms with E-state index >= 15 is 0 Å². The van der Waals surface area contributed by atoms with Crippen molar-refractivity contribution in [3.05, 3.63) is 125 Å². The van der Waals surface area contributed by atoms with Crippen molar-refractivity contribution in [3.8, 4) is 5.75 Å². The third-order valence-electron chi connectivity index (χ3n) is 6.77. The van der Waals surface area contributed by atoms with Gasteiger partial charge in [-0.2, -0.15) is 21.6 Å². The van der Waals surface area contributed by atoms with Crippen LogP contribution in [-0.4, -0.2) is 39.5 Å². The van der Waals surface area contributed by atoms with Crippen molar-refractivity contribution in [2.45, 2.75) is 53.3 Å². The molecule has 0 heterocycles. The quantitative estimate of drug-likeness (QED) is 0.135. The van der Waals surface area contributed by atoms with E-state index in [-0.39, 0.29) is 10.9 Å². The average molecular weight is 668 g/mol. The summed E-state index contributed by atoms with van der Waals surface area (Å²) in [5.41, 5.74) is -3.33. The molecule has 1 unspecified atom stereocenters. The molecule has 44 heavy (non-hydrogen) atoms. The van der Waals surface area contributed by atoms with Crippen LogP contribution < -0.4 is 9.50 Å². The van der Waals surface area contributed by atoms with E-state index in [4.69, 9.17) is 11.6 Å². The minimum atomic E-state index is -6.09. The van der Waals surface area contributed by atoms with Crippen LogP contribution in [0.5, 0.6) is 5.75 Å². The van der Waals surface area contributed by atoms with Gasteiger partial charge in [0.1, 0.15) is 4.90 Å². The van der Waals surface area contributed by atoms with Crippen LogP contribution in [0.3, 0.4) is 0 Å². The number of rotatable bonds is 12. The molecule has 0 saturated heterocycles. The standard InChI is InChI=1S/C31H29ClF3NO6S2/c1-21(36-27(19-22-8-3-2-4-9-22)30(37)24-10-7-11-25(32)20-24)18-23-14-16-26(17-15-23)43(38,39)29-13-6-5-12-28(29)42-44(40,41)31(33,34)35/h2-17,20-21,27,30,36-37H,18-19H2,1H3/t21-,27?,30-/m1/s1. The molecule has 0 fully saturated rings. The molecule has 4 aromatic rings. The number of aliphatic hydroxyl groups is 1. The molecule has 13 heteroatoms. The van der Waals surface area contributed by atoms with Crippen molar-refractivity contribution in [2.24, 2.45) is 0 Å². The highest BCUT2D eigenvalue weighted by molar-refractivity contribution is 7.91. The molecular formula is C31H29ClF3NO6S2. The third kappa shape index (κ3) is 8.19. The van der Waals surface area contributed by atoms with E-state index in [9.17, 15) is 35.1 Å². The molecule has 7 nitrogen and oxygen atoms in total. The highest BCUT2D eigenvalue weighted by Gasteiger charge is 2.49. The maximum atomic E-state index is 13.3. The van der Waals surface area contributed by atoms with Crippen LogP contribution in [0.4, 0.5) is 13.2 Å². The Balaban J connectivity index is 1.51. The van der Waals surface area contributed by atoms with E-state index in [1.165, 1.54) is 18.2 Å². The minimum absolute atomic E-state index is 0.179. The Morgan fingerprint density at radius 3 is 2.07 bits per heavy atom. The largest absolute Gasteiger partial charge is 0.534 e. The van der Waals surface area contributed by atoms with Gasteiger partial charge in [0.2, 0.25) is 9.84 Å². The summed E-state index contributed by atoms with van der Waals surface area (Å²) in [6.07, 6.45) is 0.0752. The number of para-hydroxylation sites is 1. The molecule has 0 bridgehead atoms. The molecule has 0 radical (unpaired) electrons. The second-order valence-corrected chi connectivity index (χ2v) is 14.0. The van der Waals surface area contributed by atoms with Crippen LogP contribution in [0.15, 0.2) is 113 Å². The number of halogens is 4. The summed E-state index contributed by atoms with van der Waals surface area (Å²) in [7, 11) is -10.5. The van der Waals surface area contributed by atoms with Gasteiger partial charge in [-0.25, -0.2) is 8.42 Å². The van der Waals surface area contributed by atoms with E-state index in [1.54, 1.807) is 36.4 Å². The van der Waals surface area contributed by atoms with Crippen molar-refractivity contribution in [3.63, 3.8) is 0 Å². The Morgan fingerprint density at radius 2 is 1.43 bits per heavy atom. The fourth-order valence-corrected chi connectivity index (χ4v) is 6.78. The minimum Gasteiger partial charge on any atom is -0.387 e. The smallest absolute Gasteiger partial charge is 0.387 e. The predicted octanol–water partition coefficient (Wildman–Crippen LogP) is 6.27. The lowest BCUT2D eigenvalue weighted by Gasteiger charge is -2.28. The molecule has 4 rings (SSSR count). The van der Waals surface area contributed by atoms with Crippen molar-refractivity contribution < 1.29 is 39.3 Å². The van der Waals surface area contributed by atoms with Crippen molar-refractivity contribution in [1.82, 2.24) is 5.32 Å². The molecule has 0 spiro atoms. The van der Waals surface area contributed by atoms with Gasteiger partial charge in [-0.3, -0.25) is 0 Å². The molecule has 0 saturated carbocycles. The number of hydrogen-bond donors (Lipinski definition) is 2. The second-order valence-electron chi connectivity index (χ2n) is 10.1. The maximum absolute atomic E-state index is 13.3. The predicted molar refractivity (Wildman–Crippen MR) is 161 cm³/mol. The molecule has 0 aromatic heterocycles. The lowest BCUT2D eigenvalue weighted by Crippen LogP contribution is -2.43. The van der Waals surface area contributed by atoms with Gasteiger partial charge in [-0.05, 0) is 72.9 Å². The first-order valence-electron chi connectivity index (χ1n) is 13.3. The first-order valence-corrected chi connectivity index (χ1v) is 16.6. The van der Waals surface area contributed by atoms with Gasteiger partial charge in [0.15, 0.2) is 5.75 Å². The van der Waals surface area contributed by atoms with E-state index in [2.05, 4.69) is 9.50 Å². The van der Waals surface area contributed by atoms with Gasteiger partial charge in [-0.1, -0.05) is 78.3 Å². The van der Waals surface area contributed by atoms with Crippen LogP contribution in [0.25, 0.3) is 0 Å². The molecule has 0 aliphatic heterocycles. The zero-order valence-corrected chi connectivity index (χ0v) is 25.7. The third-order valence-corrected chi connectivity index (χ3v) is 9.78. The van der Waals surface area contributed by atoms with E-state index in [0.717, 1.165) is 29.3 Å².